The highest BCUT2D eigenvalue weighted by molar-refractivity contribution is 6.35. The molecule has 0 aliphatic carbocycles. The zero-order chi connectivity index (χ0) is 25.4. The van der Waals surface area contributed by atoms with E-state index in [2.05, 4.69) is 5.32 Å². The summed E-state index contributed by atoms with van der Waals surface area (Å²) in [5.74, 6) is -1.64. The third kappa shape index (κ3) is 4.36. The van der Waals surface area contributed by atoms with E-state index in [0.29, 0.717) is 44.6 Å². The highest BCUT2D eigenvalue weighted by atomic mass is 19.1. The fourth-order valence-electron chi connectivity index (χ4n) is 4.45. The Hall–Kier alpha value is -4.71. The van der Waals surface area contributed by atoms with Gasteiger partial charge in [-0.05, 0) is 65.1 Å². The Bertz CT molecular complexity index is 1570. The maximum atomic E-state index is 15.2. The number of rotatable bonds is 5. The molecule has 0 unspecified atom stereocenters. The number of aryl methyl sites for hydroxylation is 1. The summed E-state index contributed by atoms with van der Waals surface area (Å²) in [7, 11) is 0. The van der Waals surface area contributed by atoms with Crippen LogP contribution in [0.15, 0.2) is 78.9 Å². The third-order valence-corrected chi connectivity index (χ3v) is 6.30. The number of aromatic hydroxyl groups is 1. The maximum Gasteiger partial charge on any atom is 0.307 e. The van der Waals surface area contributed by atoms with Crippen LogP contribution in [-0.2, 0) is 16.0 Å². The minimum Gasteiger partial charge on any atom is -0.507 e. The normalized spacial score (nSPS) is 13.5. The Morgan fingerprint density at radius 3 is 2.42 bits per heavy atom. The number of halogens is 1. The molecule has 178 valence electrons. The molecule has 6 heteroatoms. The molecule has 5 rings (SSSR count). The van der Waals surface area contributed by atoms with Gasteiger partial charge in [-0.3, -0.25) is 9.59 Å². The molecule has 4 aromatic rings. The fraction of sp³-hybridized carbons (Fsp3) is 0.0667. The second-order valence-electron chi connectivity index (χ2n) is 8.74. The molecule has 0 atom stereocenters. The van der Waals surface area contributed by atoms with E-state index in [1.807, 2.05) is 31.2 Å². The summed E-state index contributed by atoms with van der Waals surface area (Å²) in [5.41, 5.74) is 5.80. The first-order chi connectivity index (χ1) is 17.3. The van der Waals surface area contributed by atoms with E-state index in [1.54, 1.807) is 54.6 Å². The number of carboxylic acid groups (broad SMARTS) is 1. The standard InChI is InChI=1S/C30H22FNO4/c1-17-9-10-18(11-21(17)14-29(34)35)12-25-24-15-23(26(31)16-27(24)32-30(25)36)20-6-4-5-19(13-20)22-7-2-3-8-28(22)33/h2-13,15-16,33H,14H2,1H3,(H,32,36)(H,34,35). The minimum absolute atomic E-state index is 0.117. The lowest BCUT2D eigenvalue weighted by Gasteiger charge is -2.10. The number of hydrogen-bond donors (Lipinski definition) is 3. The van der Waals surface area contributed by atoms with Crippen LogP contribution in [0.25, 0.3) is 33.9 Å². The Balaban J connectivity index is 1.58. The number of aliphatic carboxylic acids is 1. The molecule has 0 bridgehead atoms. The first kappa shape index (κ1) is 23.1. The van der Waals surface area contributed by atoms with Crippen molar-refractivity contribution < 1.29 is 24.2 Å². The van der Waals surface area contributed by atoms with Crippen LogP contribution in [0, 0.1) is 12.7 Å². The summed E-state index contributed by atoms with van der Waals surface area (Å²) in [5, 5.41) is 22.1. The number of carbonyl (C=O) groups excluding carboxylic acids is 1. The molecular weight excluding hydrogens is 457 g/mol. The molecule has 1 amide bonds. The predicted molar refractivity (Wildman–Crippen MR) is 138 cm³/mol. The number of carboxylic acids is 1. The van der Waals surface area contributed by atoms with Crippen molar-refractivity contribution in [1.29, 1.82) is 0 Å². The van der Waals surface area contributed by atoms with Gasteiger partial charge in [0.1, 0.15) is 11.6 Å². The quantitative estimate of drug-likeness (QED) is 0.294. The lowest BCUT2D eigenvalue weighted by Crippen LogP contribution is -2.04. The van der Waals surface area contributed by atoms with Crippen molar-refractivity contribution in [3.8, 4) is 28.0 Å². The molecule has 0 fully saturated rings. The van der Waals surface area contributed by atoms with Crippen molar-refractivity contribution in [2.75, 3.05) is 5.32 Å². The second-order valence-corrected chi connectivity index (χ2v) is 8.74. The molecule has 0 radical (unpaired) electrons. The van der Waals surface area contributed by atoms with Gasteiger partial charge < -0.3 is 15.5 Å². The number of para-hydroxylation sites is 1. The van der Waals surface area contributed by atoms with E-state index in [-0.39, 0.29) is 18.1 Å². The van der Waals surface area contributed by atoms with E-state index in [1.165, 1.54) is 6.07 Å². The smallest absolute Gasteiger partial charge is 0.307 e. The van der Waals surface area contributed by atoms with Crippen LogP contribution in [-0.4, -0.2) is 22.1 Å². The Morgan fingerprint density at radius 1 is 0.917 bits per heavy atom. The van der Waals surface area contributed by atoms with Crippen LogP contribution in [0.2, 0.25) is 0 Å². The van der Waals surface area contributed by atoms with Crippen LogP contribution >= 0.6 is 0 Å². The van der Waals surface area contributed by atoms with E-state index in [4.69, 9.17) is 0 Å². The average molecular weight is 480 g/mol. The van der Waals surface area contributed by atoms with Gasteiger partial charge in [-0.25, -0.2) is 4.39 Å². The molecule has 1 aliphatic heterocycles. The first-order valence-electron chi connectivity index (χ1n) is 11.4. The molecular formula is C30H22FNO4. The van der Waals surface area contributed by atoms with Crippen molar-refractivity contribution in [3.63, 3.8) is 0 Å². The highest BCUT2D eigenvalue weighted by Crippen LogP contribution is 2.39. The Labute approximate surface area is 207 Å². The number of phenolic OH excluding ortho intramolecular Hbond substituents is 1. The number of anilines is 1. The molecule has 36 heavy (non-hydrogen) atoms. The lowest BCUT2D eigenvalue weighted by molar-refractivity contribution is -0.136. The summed E-state index contributed by atoms with van der Waals surface area (Å²) in [6, 6.07) is 22.5. The molecule has 4 aromatic carbocycles. The van der Waals surface area contributed by atoms with Crippen LogP contribution < -0.4 is 5.32 Å². The van der Waals surface area contributed by atoms with Gasteiger partial charge in [-0.2, -0.15) is 0 Å². The predicted octanol–water partition coefficient (Wildman–Crippen LogP) is 6.29. The number of fused-ring (bicyclic) bond motifs is 1. The van der Waals surface area contributed by atoms with Gasteiger partial charge in [0.05, 0.1) is 12.1 Å². The summed E-state index contributed by atoms with van der Waals surface area (Å²) < 4.78 is 15.2. The summed E-state index contributed by atoms with van der Waals surface area (Å²) in [6.45, 7) is 1.84. The van der Waals surface area contributed by atoms with Crippen LogP contribution in [0.1, 0.15) is 22.3 Å². The monoisotopic (exact) mass is 479 g/mol. The Morgan fingerprint density at radius 2 is 1.67 bits per heavy atom. The third-order valence-electron chi connectivity index (χ3n) is 6.30. The van der Waals surface area contributed by atoms with E-state index < -0.39 is 11.8 Å². The lowest BCUT2D eigenvalue weighted by atomic mass is 9.94. The maximum absolute atomic E-state index is 15.2. The molecule has 0 saturated heterocycles. The SMILES string of the molecule is Cc1ccc(C=C2C(=O)Nc3cc(F)c(-c4cccc(-c5ccccc5O)c4)cc32)cc1CC(=O)O. The van der Waals surface area contributed by atoms with Gasteiger partial charge in [0.2, 0.25) is 0 Å². The summed E-state index contributed by atoms with van der Waals surface area (Å²) in [6.07, 6.45) is 1.57. The molecule has 1 aliphatic rings. The molecule has 3 N–H and O–H groups in total. The average Bonchev–Trinajstić information content (AvgIpc) is 3.14. The molecule has 5 nitrogen and oxygen atoms in total. The van der Waals surface area contributed by atoms with E-state index >= 15 is 4.39 Å². The van der Waals surface area contributed by atoms with Gasteiger partial charge in [0.15, 0.2) is 0 Å². The van der Waals surface area contributed by atoms with Crippen LogP contribution in [0.4, 0.5) is 10.1 Å². The van der Waals surface area contributed by atoms with Gasteiger partial charge in [-0.15, -0.1) is 0 Å². The zero-order valence-corrected chi connectivity index (χ0v) is 19.4. The molecule has 0 spiro atoms. The number of amides is 1. The van der Waals surface area contributed by atoms with Gasteiger partial charge in [0, 0.05) is 22.3 Å². The van der Waals surface area contributed by atoms with Crippen molar-refractivity contribution in [2.24, 2.45) is 0 Å². The van der Waals surface area contributed by atoms with Gasteiger partial charge >= 0.3 is 5.97 Å². The highest BCUT2D eigenvalue weighted by Gasteiger charge is 2.26. The van der Waals surface area contributed by atoms with Crippen molar-refractivity contribution >= 4 is 29.2 Å². The van der Waals surface area contributed by atoms with Gasteiger partial charge in [0.25, 0.3) is 5.91 Å². The summed E-state index contributed by atoms with van der Waals surface area (Å²) >= 11 is 0. The minimum atomic E-state index is -0.932. The number of hydrogen-bond acceptors (Lipinski definition) is 3. The van der Waals surface area contributed by atoms with E-state index in [9.17, 15) is 19.8 Å². The number of carbonyl (C=O) groups is 2. The molecule has 1 heterocycles. The molecule has 0 aromatic heterocycles. The first-order valence-corrected chi connectivity index (χ1v) is 11.4. The van der Waals surface area contributed by atoms with Crippen LogP contribution in [0.5, 0.6) is 5.75 Å². The van der Waals surface area contributed by atoms with E-state index in [0.717, 1.165) is 11.1 Å². The van der Waals surface area contributed by atoms with Crippen molar-refractivity contribution in [2.45, 2.75) is 13.3 Å². The van der Waals surface area contributed by atoms with Crippen molar-refractivity contribution in [3.05, 3.63) is 107 Å². The molecule has 0 saturated carbocycles. The topological polar surface area (TPSA) is 86.6 Å². The largest absolute Gasteiger partial charge is 0.507 e. The van der Waals surface area contributed by atoms with Gasteiger partial charge in [-0.1, -0.05) is 54.6 Å². The number of nitrogens with one attached hydrogen (secondary N) is 1. The zero-order valence-electron chi connectivity index (χ0n) is 19.4. The van der Waals surface area contributed by atoms with Crippen LogP contribution in [0.3, 0.4) is 0 Å². The number of phenols is 1. The second kappa shape index (κ2) is 9.15. The Kier molecular flexibility index (Phi) is 5.86. The fourth-order valence-corrected chi connectivity index (χ4v) is 4.45. The summed E-state index contributed by atoms with van der Waals surface area (Å²) in [4.78, 5) is 24.0. The number of benzene rings is 4. The van der Waals surface area contributed by atoms with Crippen molar-refractivity contribution in [1.82, 2.24) is 0 Å².